The van der Waals surface area contributed by atoms with Crippen LogP contribution >= 0.6 is 0 Å². The molecule has 0 saturated heterocycles. The van der Waals surface area contributed by atoms with Gasteiger partial charge in [-0.2, -0.15) is 0 Å². The maximum Gasteiger partial charge on any atom is 0.241 e. The molecular formula is C12H23N3O2. The minimum atomic E-state index is -0.0526. The summed E-state index contributed by atoms with van der Waals surface area (Å²) in [4.78, 5) is 25.0. The first kappa shape index (κ1) is 14.0. The van der Waals surface area contributed by atoms with Gasteiger partial charge in [0.15, 0.2) is 0 Å². The first-order valence-electron chi connectivity index (χ1n) is 6.31. The summed E-state index contributed by atoms with van der Waals surface area (Å²) in [6, 6.07) is 0. The Hall–Kier alpha value is -1.10. The normalized spacial score (nSPS) is 23.5. The second-order valence-electron chi connectivity index (χ2n) is 4.66. The second-order valence-corrected chi connectivity index (χ2v) is 4.66. The highest BCUT2D eigenvalue weighted by Gasteiger charge is 2.31. The number of nitrogens with one attached hydrogen (secondary N) is 1. The molecule has 1 aliphatic carbocycles. The highest BCUT2D eigenvalue weighted by molar-refractivity contribution is 5.86. The van der Waals surface area contributed by atoms with Gasteiger partial charge in [-0.1, -0.05) is 6.42 Å². The number of nitrogens with zero attached hydrogens (tertiary/aromatic N) is 1. The third-order valence-electron chi connectivity index (χ3n) is 3.61. The minimum Gasteiger partial charge on any atom is -0.347 e. The number of hydrogen-bond donors (Lipinski definition) is 2. The Bertz CT molecular complexity index is 281. The zero-order chi connectivity index (χ0) is 12.8. The standard InChI is InChI=1S/C12H23N3O2/c1-3-15(2)11(16)8-14-12(17)10-6-4-5-9(10)7-13/h9-10H,3-8,13H2,1-2H3,(H,14,17). The molecule has 0 aromatic carbocycles. The molecule has 0 bridgehead atoms. The van der Waals surface area contributed by atoms with Gasteiger partial charge in [0, 0.05) is 19.5 Å². The van der Waals surface area contributed by atoms with Gasteiger partial charge in [-0.3, -0.25) is 9.59 Å². The van der Waals surface area contributed by atoms with Crippen LogP contribution < -0.4 is 11.1 Å². The molecule has 2 amide bonds. The number of nitrogens with two attached hydrogens (primary N) is 1. The lowest BCUT2D eigenvalue weighted by Gasteiger charge is -2.19. The van der Waals surface area contributed by atoms with Crippen molar-refractivity contribution in [2.24, 2.45) is 17.6 Å². The van der Waals surface area contributed by atoms with Crippen molar-refractivity contribution < 1.29 is 9.59 Å². The number of carbonyl (C=O) groups is 2. The molecule has 1 saturated carbocycles. The fraction of sp³-hybridized carbons (Fsp3) is 0.833. The van der Waals surface area contributed by atoms with E-state index < -0.39 is 0 Å². The van der Waals surface area contributed by atoms with Crippen LogP contribution in [0.3, 0.4) is 0 Å². The van der Waals surface area contributed by atoms with Gasteiger partial charge in [0.1, 0.15) is 0 Å². The molecule has 17 heavy (non-hydrogen) atoms. The van der Waals surface area contributed by atoms with Crippen molar-refractivity contribution in [2.45, 2.75) is 26.2 Å². The van der Waals surface area contributed by atoms with E-state index in [0.29, 0.717) is 13.1 Å². The Kier molecular flexibility index (Phi) is 5.41. The van der Waals surface area contributed by atoms with E-state index in [1.165, 1.54) is 0 Å². The maximum absolute atomic E-state index is 11.9. The highest BCUT2D eigenvalue weighted by atomic mass is 16.2. The number of likely N-dealkylation sites (N-methyl/N-ethyl adjacent to an activating group) is 1. The number of hydrogen-bond acceptors (Lipinski definition) is 3. The summed E-state index contributed by atoms with van der Waals surface area (Å²) in [5.41, 5.74) is 5.63. The smallest absolute Gasteiger partial charge is 0.241 e. The number of amides is 2. The first-order valence-corrected chi connectivity index (χ1v) is 6.31. The van der Waals surface area contributed by atoms with Crippen LogP contribution in [-0.2, 0) is 9.59 Å². The van der Waals surface area contributed by atoms with Crippen molar-refractivity contribution in [3.8, 4) is 0 Å². The van der Waals surface area contributed by atoms with Crippen LogP contribution in [0.5, 0.6) is 0 Å². The van der Waals surface area contributed by atoms with Crippen molar-refractivity contribution >= 4 is 11.8 Å². The molecule has 2 atom stereocenters. The van der Waals surface area contributed by atoms with Gasteiger partial charge in [-0.15, -0.1) is 0 Å². The predicted molar refractivity (Wildman–Crippen MR) is 66.2 cm³/mol. The van der Waals surface area contributed by atoms with E-state index in [9.17, 15) is 9.59 Å². The van der Waals surface area contributed by atoms with E-state index in [-0.39, 0.29) is 30.2 Å². The largest absolute Gasteiger partial charge is 0.347 e. The monoisotopic (exact) mass is 241 g/mol. The minimum absolute atomic E-state index is 0.000248. The van der Waals surface area contributed by atoms with E-state index in [2.05, 4.69) is 5.32 Å². The van der Waals surface area contributed by atoms with Crippen molar-refractivity contribution in [1.29, 1.82) is 0 Å². The van der Waals surface area contributed by atoms with Gasteiger partial charge in [0.2, 0.25) is 11.8 Å². The zero-order valence-corrected chi connectivity index (χ0v) is 10.7. The summed E-state index contributed by atoms with van der Waals surface area (Å²) < 4.78 is 0. The van der Waals surface area contributed by atoms with Crippen molar-refractivity contribution in [3.05, 3.63) is 0 Å². The van der Waals surface area contributed by atoms with E-state index >= 15 is 0 Å². The molecule has 1 fully saturated rings. The molecule has 3 N–H and O–H groups in total. The van der Waals surface area contributed by atoms with Gasteiger partial charge in [-0.05, 0) is 32.2 Å². The van der Waals surface area contributed by atoms with Gasteiger partial charge < -0.3 is 16.0 Å². The van der Waals surface area contributed by atoms with E-state index in [4.69, 9.17) is 5.73 Å². The van der Waals surface area contributed by atoms with Crippen molar-refractivity contribution in [1.82, 2.24) is 10.2 Å². The van der Waals surface area contributed by atoms with Crippen LogP contribution in [0, 0.1) is 11.8 Å². The van der Waals surface area contributed by atoms with Crippen LogP contribution in [-0.4, -0.2) is 43.4 Å². The molecule has 1 rings (SSSR count). The zero-order valence-electron chi connectivity index (χ0n) is 10.7. The summed E-state index contributed by atoms with van der Waals surface area (Å²) in [6.45, 7) is 3.21. The predicted octanol–water partition coefficient (Wildman–Crippen LogP) is -0.0441. The summed E-state index contributed by atoms with van der Waals surface area (Å²) in [5, 5.41) is 2.72. The molecule has 5 nitrogen and oxygen atoms in total. The van der Waals surface area contributed by atoms with Crippen LogP contribution in [0.4, 0.5) is 0 Å². The summed E-state index contributed by atoms with van der Waals surface area (Å²) in [6.07, 6.45) is 2.98. The van der Waals surface area contributed by atoms with E-state index in [1.807, 2.05) is 6.92 Å². The summed E-state index contributed by atoms with van der Waals surface area (Å²) in [7, 11) is 1.73. The molecule has 0 radical (unpaired) electrons. The molecule has 0 aromatic rings. The summed E-state index contributed by atoms with van der Waals surface area (Å²) >= 11 is 0. The first-order chi connectivity index (χ1) is 8.10. The average molecular weight is 241 g/mol. The quantitative estimate of drug-likeness (QED) is 0.709. The lowest BCUT2D eigenvalue weighted by molar-refractivity contribution is -0.133. The van der Waals surface area contributed by atoms with E-state index in [0.717, 1.165) is 19.3 Å². The lowest BCUT2D eigenvalue weighted by atomic mass is 9.95. The second kappa shape index (κ2) is 6.59. The third kappa shape index (κ3) is 3.70. The fourth-order valence-corrected chi connectivity index (χ4v) is 2.27. The topological polar surface area (TPSA) is 75.4 Å². The van der Waals surface area contributed by atoms with Crippen LogP contribution in [0.15, 0.2) is 0 Å². The average Bonchev–Trinajstić information content (AvgIpc) is 2.82. The molecule has 0 aliphatic heterocycles. The number of carbonyl (C=O) groups excluding carboxylic acids is 2. The Morgan fingerprint density at radius 1 is 1.41 bits per heavy atom. The molecule has 5 heteroatoms. The fourth-order valence-electron chi connectivity index (χ4n) is 2.27. The molecular weight excluding hydrogens is 218 g/mol. The Balaban J connectivity index is 2.37. The molecule has 0 spiro atoms. The van der Waals surface area contributed by atoms with Crippen LogP contribution in [0.25, 0.3) is 0 Å². The summed E-state index contributed by atoms with van der Waals surface area (Å²) in [5.74, 6) is 0.215. The molecule has 1 aliphatic rings. The van der Waals surface area contributed by atoms with E-state index in [1.54, 1.807) is 11.9 Å². The molecule has 98 valence electrons. The molecule has 0 heterocycles. The molecule has 0 aromatic heterocycles. The molecule has 2 unspecified atom stereocenters. The lowest BCUT2D eigenvalue weighted by Crippen LogP contribution is -2.41. The van der Waals surface area contributed by atoms with Crippen LogP contribution in [0.2, 0.25) is 0 Å². The van der Waals surface area contributed by atoms with Crippen LogP contribution in [0.1, 0.15) is 26.2 Å². The van der Waals surface area contributed by atoms with Gasteiger partial charge in [-0.25, -0.2) is 0 Å². The van der Waals surface area contributed by atoms with Crippen molar-refractivity contribution in [2.75, 3.05) is 26.7 Å². The highest BCUT2D eigenvalue weighted by Crippen LogP contribution is 2.30. The van der Waals surface area contributed by atoms with Gasteiger partial charge in [0.25, 0.3) is 0 Å². The Morgan fingerprint density at radius 2 is 2.12 bits per heavy atom. The maximum atomic E-state index is 11.9. The van der Waals surface area contributed by atoms with Crippen molar-refractivity contribution in [3.63, 3.8) is 0 Å². The van der Waals surface area contributed by atoms with Gasteiger partial charge >= 0.3 is 0 Å². The Morgan fingerprint density at radius 3 is 2.71 bits per heavy atom. The Labute approximate surface area is 103 Å². The third-order valence-corrected chi connectivity index (χ3v) is 3.61. The van der Waals surface area contributed by atoms with Gasteiger partial charge in [0.05, 0.1) is 6.54 Å². The number of rotatable bonds is 5. The SMILES string of the molecule is CCN(C)C(=O)CNC(=O)C1CCCC1CN.